The van der Waals surface area contributed by atoms with Gasteiger partial charge in [0.1, 0.15) is 0 Å². The molecule has 0 radical (unpaired) electrons. The molecule has 1 saturated carbocycles. The zero-order chi connectivity index (χ0) is 9.26. The maximum absolute atomic E-state index is 13.4. The lowest BCUT2D eigenvalue weighted by molar-refractivity contribution is 0.443. The van der Waals surface area contributed by atoms with Crippen LogP contribution in [0.4, 0.5) is 10.1 Å². The summed E-state index contributed by atoms with van der Waals surface area (Å²) in [6.45, 7) is 0. The minimum atomic E-state index is -0.186. The molecule has 1 aromatic carbocycles. The molecule has 0 unspecified atom stereocenters. The second kappa shape index (κ2) is 3.66. The predicted octanol–water partition coefficient (Wildman–Crippen LogP) is 3.55. The van der Waals surface area contributed by atoms with Crippen molar-refractivity contribution in [2.75, 3.05) is 5.32 Å². The molecule has 0 aliphatic heterocycles. The average molecular weight is 244 g/mol. The van der Waals surface area contributed by atoms with Crippen molar-refractivity contribution in [1.29, 1.82) is 0 Å². The molecule has 1 aliphatic rings. The summed E-state index contributed by atoms with van der Waals surface area (Å²) in [5.74, 6) is -0.186. The predicted molar refractivity (Wildman–Crippen MR) is 55.4 cm³/mol. The molecule has 70 valence electrons. The first-order chi connectivity index (χ1) is 6.27. The van der Waals surface area contributed by atoms with Gasteiger partial charge in [0.25, 0.3) is 0 Å². The van der Waals surface area contributed by atoms with E-state index in [2.05, 4.69) is 21.2 Å². The van der Waals surface area contributed by atoms with E-state index in [0.717, 1.165) is 12.8 Å². The molecular weight excluding hydrogens is 233 g/mol. The molecule has 0 atom stereocenters. The molecule has 3 heteroatoms. The Morgan fingerprint density at radius 2 is 2.15 bits per heavy atom. The van der Waals surface area contributed by atoms with Crippen LogP contribution in [0.2, 0.25) is 0 Å². The molecule has 0 spiro atoms. The second-order valence-corrected chi connectivity index (χ2v) is 4.23. The highest BCUT2D eigenvalue weighted by Crippen LogP contribution is 2.27. The fourth-order valence-corrected chi connectivity index (χ4v) is 1.75. The summed E-state index contributed by atoms with van der Waals surface area (Å²) in [4.78, 5) is 0. The summed E-state index contributed by atoms with van der Waals surface area (Å²) >= 11 is 3.16. The van der Waals surface area contributed by atoms with Gasteiger partial charge in [-0.3, -0.25) is 0 Å². The van der Waals surface area contributed by atoms with E-state index >= 15 is 0 Å². The number of anilines is 1. The number of nitrogens with one attached hydrogen (secondary N) is 1. The Labute approximate surface area is 85.5 Å². The summed E-state index contributed by atoms with van der Waals surface area (Å²) in [5, 5.41) is 3.18. The monoisotopic (exact) mass is 243 g/mol. The van der Waals surface area contributed by atoms with Gasteiger partial charge in [-0.2, -0.15) is 0 Å². The van der Waals surface area contributed by atoms with E-state index in [0.29, 0.717) is 16.2 Å². The average Bonchev–Trinajstić information content (AvgIpc) is 2.04. The van der Waals surface area contributed by atoms with Gasteiger partial charge < -0.3 is 5.32 Å². The van der Waals surface area contributed by atoms with Crippen LogP contribution in [-0.2, 0) is 0 Å². The molecule has 0 amide bonds. The lowest BCUT2D eigenvalue weighted by Crippen LogP contribution is -2.27. The van der Waals surface area contributed by atoms with Crippen LogP contribution in [0.3, 0.4) is 0 Å². The minimum absolute atomic E-state index is 0.186. The Kier molecular flexibility index (Phi) is 2.54. The van der Waals surface area contributed by atoms with Crippen molar-refractivity contribution in [3.63, 3.8) is 0 Å². The molecule has 1 fully saturated rings. The summed E-state index contributed by atoms with van der Waals surface area (Å²) in [5.41, 5.74) is 0.610. The molecule has 0 saturated heterocycles. The SMILES string of the molecule is Fc1c(Br)cccc1NC1CCC1. The zero-order valence-electron chi connectivity index (χ0n) is 7.19. The molecule has 1 aliphatic carbocycles. The summed E-state index contributed by atoms with van der Waals surface area (Å²) in [6.07, 6.45) is 3.57. The van der Waals surface area contributed by atoms with Gasteiger partial charge in [0.2, 0.25) is 0 Å². The Morgan fingerprint density at radius 1 is 1.38 bits per heavy atom. The number of rotatable bonds is 2. The third-order valence-electron chi connectivity index (χ3n) is 2.42. The highest BCUT2D eigenvalue weighted by Gasteiger charge is 2.18. The lowest BCUT2D eigenvalue weighted by Gasteiger charge is -2.27. The van der Waals surface area contributed by atoms with E-state index in [1.54, 1.807) is 12.1 Å². The quantitative estimate of drug-likeness (QED) is 0.838. The van der Waals surface area contributed by atoms with Gasteiger partial charge in [0.15, 0.2) is 5.82 Å². The molecule has 13 heavy (non-hydrogen) atoms. The van der Waals surface area contributed by atoms with Gasteiger partial charge in [-0.05, 0) is 47.3 Å². The number of halogens is 2. The number of hydrogen-bond donors (Lipinski definition) is 1. The van der Waals surface area contributed by atoms with Crippen LogP contribution in [-0.4, -0.2) is 6.04 Å². The number of benzene rings is 1. The normalized spacial score (nSPS) is 16.8. The molecule has 1 nitrogen and oxygen atoms in total. The van der Waals surface area contributed by atoms with Crippen LogP contribution in [0.15, 0.2) is 22.7 Å². The highest BCUT2D eigenvalue weighted by molar-refractivity contribution is 9.10. The van der Waals surface area contributed by atoms with Crippen molar-refractivity contribution >= 4 is 21.6 Å². The van der Waals surface area contributed by atoms with Gasteiger partial charge in [0, 0.05) is 6.04 Å². The van der Waals surface area contributed by atoms with E-state index < -0.39 is 0 Å². The first kappa shape index (κ1) is 9.00. The van der Waals surface area contributed by atoms with Crippen molar-refractivity contribution in [3.05, 3.63) is 28.5 Å². The Morgan fingerprint density at radius 3 is 2.77 bits per heavy atom. The van der Waals surface area contributed by atoms with Gasteiger partial charge >= 0.3 is 0 Å². The van der Waals surface area contributed by atoms with Crippen molar-refractivity contribution < 1.29 is 4.39 Å². The molecular formula is C10H11BrFN. The van der Waals surface area contributed by atoms with Crippen LogP contribution in [0.25, 0.3) is 0 Å². The standard InChI is InChI=1S/C10H11BrFN/c11-8-5-2-6-9(10(8)12)13-7-3-1-4-7/h2,5-7,13H,1,3-4H2. The molecule has 2 rings (SSSR count). The zero-order valence-corrected chi connectivity index (χ0v) is 8.77. The summed E-state index contributed by atoms with van der Waals surface area (Å²) in [6, 6.07) is 5.80. The van der Waals surface area contributed by atoms with Crippen LogP contribution in [0.1, 0.15) is 19.3 Å². The van der Waals surface area contributed by atoms with Gasteiger partial charge in [-0.15, -0.1) is 0 Å². The van der Waals surface area contributed by atoms with E-state index in [4.69, 9.17) is 0 Å². The minimum Gasteiger partial charge on any atom is -0.380 e. The van der Waals surface area contributed by atoms with E-state index in [1.165, 1.54) is 6.42 Å². The maximum atomic E-state index is 13.4. The van der Waals surface area contributed by atoms with Crippen LogP contribution < -0.4 is 5.32 Å². The highest BCUT2D eigenvalue weighted by atomic mass is 79.9. The first-order valence-electron chi connectivity index (χ1n) is 4.48. The van der Waals surface area contributed by atoms with Gasteiger partial charge in [-0.1, -0.05) is 6.07 Å². The topological polar surface area (TPSA) is 12.0 Å². The molecule has 1 aromatic rings. The van der Waals surface area contributed by atoms with Crippen molar-refractivity contribution in [3.8, 4) is 0 Å². The van der Waals surface area contributed by atoms with Gasteiger partial charge in [0.05, 0.1) is 10.2 Å². The van der Waals surface area contributed by atoms with E-state index in [9.17, 15) is 4.39 Å². The van der Waals surface area contributed by atoms with Crippen molar-refractivity contribution in [2.45, 2.75) is 25.3 Å². The Bertz CT molecular complexity index is 310. The van der Waals surface area contributed by atoms with E-state index in [1.807, 2.05) is 6.07 Å². The van der Waals surface area contributed by atoms with Gasteiger partial charge in [-0.25, -0.2) is 4.39 Å². The third-order valence-corrected chi connectivity index (χ3v) is 3.03. The third kappa shape index (κ3) is 1.85. The summed E-state index contributed by atoms with van der Waals surface area (Å²) in [7, 11) is 0. The molecule has 1 N–H and O–H groups in total. The maximum Gasteiger partial charge on any atom is 0.160 e. The van der Waals surface area contributed by atoms with Crippen LogP contribution >= 0.6 is 15.9 Å². The van der Waals surface area contributed by atoms with Crippen molar-refractivity contribution in [1.82, 2.24) is 0 Å². The van der Waals surface area contributed by atoms with Crippen LogP contribution in [0, 0.1) is 5.82 Å². The summed E-state index contributed by atoms with van der Waals surface area (Å²) < 4.78 is 13.9. The molecule has 0 aromatic heterocycles. The van der Waals surface area contributed by atoms with Crippen molar-refractivity contribution in [2.24, 2.45) is 0 Å². The second-order valence-electron chi connectivity index (χ2n) is 3.37. The smallest absolute Gasteiger partial charge is 0.160 e. The van der Waals surface area contributed by atoms with Crippen LogP contribution in [0.5, 0.6) is 0 Å². The fraction of sp³-hybridized carbons (Fsp3) is 0.400. The molecule has 0 bridgehead atoms. The Hall–Kier alpha value is -0.570. The largest absolute Gasteiger partial charge is 0.380 e. The first-order valence-corrected chi connectivity index (χ1v) is 5.27. The molecule has 0 heterocycles. The van der Waals surface area contributed by atoms with E-state index in [-0.39, 0.29) is 5.82 Å². The Balaban J connectivity index is 2.14. The lowest BCUT2D eigenvalue weighted by atomic mass is 9.93. The fourth-order valence-electron chi connectivity index (χ4n) is 1.39. The number of hydrogen-bond acceptors (Lipinski definition) is 1.